The van der Waals surface area contributed by atoms with Gasteiger partial charge in [0, 0.05) is 31.9 Å². The fraction of sp³-hybridized carbons (Fsp3) is 0.562. The van der Waals surface area contributed by atoms with Gasteiger partial charge in [0.25, 0.3) is 0 Å². The van der Waals surface area contributed by atoms with Gasteiger partial charge in [0.2, 0.25) is 0 Å². The molecule has 0 radical (unpaired) electrons. The highest BCUT2D eigenvalue weighted by Gasteiger charge is 2.30. The molecule has 1 saturated heterocycles. The molecule has 1 aromatic rings. The van der Waals surface area contributed by atoms with Gasteiger partial charge in [0.05, 0.1) is 5.56 Å². The number of piperazine rings is 1. The van der Waals surface area contributed by atoms with E-state index in [0.717, 1.165) is 44.6 Å². The number of anilines is 1. The molecule has 0 spiro atoms. The van der Waals surface area contributed by atoms with E-state index in [1.807, 2.05) is 0 Å². The standard InChI is InChI=1S/C16H22F3N3O/c1-2-3-8-21-9-11-22(12-10-21)15(23)20-14-6-4-13(5-7-14)16(17,18)19/h4-7H,2-3,8-12H2,1H3,(H,20,23). The molecule has 7 heteroatoms. The van der Waals surface area contributed by atoms with Crippen LogP contribution in [0.4, 0.5) is 23.7 Å². The maximum atomic E-state index is 12.5. The molecular weight excluding hydrogens is 307 g/mol. The van der Waals surface area contributed by atoms with Gasteiger partial charge in [0.1, 0.15) is 0 Å². The second-order valence-corrected chi connectivity index (χ2v) is 5.69. The molecule has 1 heterocycles. The van der Waals surface area contributed by atoms with Crippen molar-refractivity contribution in [1.29, 1.82) is 0 Å². The first-order valence-electron chi connectivity index (χ1n) is 7.85. The Morgan fingerprint density at radius 3 is 2.26 bits per heavy atom. The van der Waals surface area contributed by atoms with E-state index in [4.69, 9.17) is 0 Å². The number of hydrogen-bond donors (Lipinski definition) is 1. The molecule has 1 N–H and O–H groups in total. The summed E-state index contributed by atoms with van der Waals surface area (Å²) in [5.41, 5.74) is -0.351. The fourth-order valence-corrected chi connectivity index (χ4v) is 2.50. The molecule has 4 nitrogen and oxygen atoms in total. The summed E-state index contributed by atoms with van der Waals surface area (Å²) in [7, 11) is 0. The molecule has 0 aromatic heterocycles. The molecule has 0 atom stereocenters. The van der Waals surface area contributed by atoms with Gasteiger partial charge in [-0.2, -0.15) is 13.2 Å². The van der Waals surface area contributed by atoms with Gasteiger partial charge in [-0.05, 0) is 37.2 Å². The number of carbonyl (C=O) groups excluding carboxylic acids is 1. The van der Waals surface area contributed by atoms with Gasteiger partial charge < -0.3 is 10.2 Å². The molecular formula is C16H22F3N3O. The molecule has 2 rings (SSSR count). The Hall–Kier alpha value is -1.76. The monoisotopic (exact) mass is 329 g/mol. The van der Waals surface area contributed by atoms with Crippen molar-refractivity contribution in [2.24, 2.45) is 0 Å². The Kier molecular flexibility index (Phi) is 5.87. The van der Waals surface area contributed by atoms with Gasteiger partial charge in [0.15, 0.2) is 0 Å². The average Bonchev–Trinajstić information content (AvgIpc) is 2.53. The number of benzene rings is 1. The summed E-state index contributed by atoms with van der Waals surface area (Å²) in [5.74, 6) is 0. The number of carbonyl (C=O) groups is 1. The van der Waals surface area contributed by atoms with Gasteiger partial charge in [-0.25, -0.2) is 4.79 Å². The van der Waals surface area contributed by atoms with Crippen LogP contribution in [0, 0.1) is 0 Å². The van der Waals surface area contributed by atoms with E-state index in [9.17, 15) is 18.0 Å². The summed E-state index contributed by atoms with van der Waals surface area (Å²) < 4.78 is 37.5. The summed E-state index contributed by atoms with van der Waals surface area (Å²) in [4.78, 5) is 16.2. The van der Waals surface area contributed by atoms with E-state index in [2.05, 4.69) is 17.1 Å². The first-order valence-corrected chi connectivity index (χ1v) is 7.85. The van der Waals surface area contributed by atoms with Gasteiger partial charge in [-0.1, -0.05) is 13.3 Å². The normalized spacial score (nSPS) is 16.4. The smallest absolute Gasteiger partial charge is 0.322 e. The molecule has 2 amide bonds. The third kappa shape index (κ3) is 5.13. The van der Waals surface area contributed by atoms with Gasteiger partial charge >= 0.3 is 12.2 Å². The number of alkyl halides is 3. The van der Waals surface area contributed by atoms with Crippen molar-refractivity contribution < 1.29 is 18.0 Å². The Labute approximate surface area is 134 Å². The number of unbranched alkanes of at least 4 members (excludes halogenated alkanes) is 1. The van der Waals surface area contributed by atoms with Crippen molar-refractivity contribution in [1.82, 2.24) is 9.80 Å². The molecule has 1 aliphatic heterocycles. The van der Waals surface area contributed by atoms with E-state index < -0.39 is 11.7 Å². The number of rotatable bonds is 4. The Bertz CT molecular complexity index is 508. The van der Waals surface area contributed by atoms with Crippen LogP contribution in [-0.4, -0.2) is 48.6 Å². The number of halogens is 3. The number of amides is 2. The molecule has 0 unspecified atom stereocenters. The molecule has 0 bridgehead atoms. The van der Waals surface area contributed by atoms with E-state index in [0.29, 0.717) is 18.8 Å². The molecule has 1 aliphatic rings. The lowest BCUT2D eigenvalue weighted by Crippen LogP contribution is -2.50. The van der Waals surface area contributed by atoms with Crippen molar-refractivity contribution in [2.45, 2.75) is 25.9 Å². The highest BCUT2D eigenvalue weighted by molar-refractivity contribution is 5.89. The van der Waals surface area contributed by atoms with Crippen LogP contribution >= 0.6 is 0 Å². The minimum absolute atomic E-state index is 0.264. The van der Waals surface area contributed by atoms with Crippen LogP contribution in [0.15, 0.2) is 24.3 Å². The van der Waals surface area contributed by atoms with Crippen LogP contribution in [0.3, 0.4) is 0 Å². The highest BCUT2D eigenvalue weighted by atomic mass is 19.4. The lowest BCUT2D eigenvalue weighted by atomic mass is 10.2. The molecule has 128 valence electrons. The minimum Gasteiger partial charge on any atom is -0.322 e. The Morgan fingerprint density at radius 1 is 1.13 bits per heavy atom. The number of nitrogens with zero attached hydrogens (tertiary/aromatic N) is 2. The number of urea groups is 1. The molecule has 0 saturated carbocycles. The lowest BCUT2D eigenvalue weighted by Gasteiger charge is -2.34. The van der Waals surface area contributed by atoms with Crippen molar-refractivity contribution in [3.05, 3.63) is 29.8 Å². The Morgan fingerprint density at radius 2 is 1.74 bits per heavy atom. The van der Waals surface area contributed by atoms with E-state index in [1.165, 1.54) is 12.1 Å². The maximum Gasteiger partial charge on any atom is 0.416 e. The third-order valence-electron chi connectivity index (χ3n) is 3.95. The third-order valence-corrected chi connectivity index (χ3v) is 3.95. The number of nitrogens with one attached hydrogen (secondary N) is 1. The summed E-state index contributed by atoms with van der Waals surface area (Å²) >= 11 is 0. The van der Waals surface area contributed by atoms with Crippen molar-refractivity contribution >= 4 is 11.7 Å². The van der Waals surface area contributed by atoms with Crippen molar-refractivity contribution in [3.8, 4) is 0 Å². The summed E-state index contributed by atoms with van der Waals surface area (Å²) in [5, 5.41) is 2.65. The van der Waals surface area contributed by atoms with Gasteiger partial charge in [-0.3, -0.25) is 4.90 Å². The van der Waals surface area contributed by atoms with E-state index >= 15 is 0 Å². The SMILES string of the molecule is CCCCN1CCN(C(=O)Nc2ccc(C(F)(F)F)cc2)CC1. The first kappa shape index (κ1) is 17.6. The van der Waals surface area contributed by atoms with Crippen LogP contribution < -0.4 is 5.32 Å². The summed E-state index contributed by atoms with van der Waals surface area (Å²) in [6.45, 7) is 6.13. The van der Waals surface area contributed by atoms with Crippen molar-refractivity contribution in [2.75, 3.05) is 38.0 Å². The van der Waals surface area contributed by atoms with Crippen LogP contribution in [0.2, 0.25) is 0 Å². The molecule has 1 aromatic carbocycles. The predicted octanol–water partition coefficient (Wildman–Crippen LogP) is 3.66. The molecule has 1 fully saturated rings. The molecule has 0 aliphatic carbocycles. The minimum atomic E-state index is -4.36. The zero-order chi connectivity index (χ0) is 16.9. The zero-order valence-corrected chi connectivity index (χ0v) is 13.2. The Balaban J connectivity index is 1.83. The van der Waals surface area contributed by atoms with E-state index in [-0.39, 0.29) is 6.03 Å². The summed E-state index contributed by atoms with van der Waals surface area (Å²) in [6, 6.07) is 4.23. The average molecular weight is 329 g/mol. The van der Waals surface area contributed by atoms with E-state index in [1.54, 1.807) is 4.90 Å². The largest absolute Gasteiger partial charge is 0.416 e. The summed E-state index contributed by atoms with van der Waals surface area (Å²) in [6.07, 6.45) is -2.07. The van der Waals surface area contributed by atoms with Crippen LogP contribution in [0.1, 0.15) is 25.3 Å². The van der Waals surface area contributed by atoms with Crippen molar-refractivity contribution in [3.63, 3.8) is 0 Å². The second-order valence-electron chi connectivity index (χ2n) is 5.69. The first-order chi connectivity index (χ1) is 10.9. The van der Waals surface area contributed by atoms with Crippen LogP contribution in [0.25, 0.3) is 0 Å². The van der Waals surface area contributed by atoms with Crippen LogP contribution in [0.5, 0.6) is 0 Å². The molecule has 23 heavy (non-hydrogen) atoms. The fourth-order valence-electron chi connectivity index (χ4n) is 2.50. The van der Waals surface area contributed by atoms with Gasteiger partial charge in [-0.15, -0.1) is 0 Å². The highest BCUT2D eigenvalue weighted by Crippen LogP contribution is 2.29. The van der Waals surface area contributed by atoms with Crippen LogP contribution in [-0.2, 0) is 6.18 Å². The topological polar surface area (TPSA) is 35.6 Å². The second kappa shape index (κ2) is 7.68. The zero-order valence-electron chi connectivity index (χ0n) is 13.2. The number of hydrogen-bond acceptors (Lipinski definition) is 2. The quantitative estimate of drug-likeness (QED) is 0.915. The lowest BCUT2D eigenvalue weighted by molar-refractivity contribution is -0.137. The predicted molar refractivity (Wildman–Crippen MR) is 83.4 cm³/mol. The maximum absolute atomic E-state index is 12.5.